The van der Waals surface area contributed by atoms with Gasteiger partial charge in [0.25, 0.3) is 0 Å². The molecule has 1 aromatic heterocycles. The highest BCUT2D eigenvalue weighted by molar-refractivity contribution is 5.05. The van der Waals surface area contributed by atoms with Gasteiger partial charge in [-0.25, -0.2) is 4.98 Å². The van der Waals surface area contributed by atoms with Gasteiger partial charge in [0.1, 0.15) is 11.5 Å². The number of H-pyrrole nitrogens is 1. The molecule has 0 spiro atoms. The SMILES string of the molecule is CC(C)NCCc1ncc(C(F)(F)F)[nH]1. The quantitative estimate of drug-likeness (QED) is 0.816. The van der Waals surface area contributed by atoms with Gasteiger partial charge in [0, 0.05) is 19.0 Å². The zero-order valence-corrected chi connectivity index (χ0v) is 8.65. The fraction of sp³-hybridized carbons (Fsp3) is 0.667. The largest absolute Gasteiger partial charge is 0.432 e. The predicted molar refractivity (Wildman–Crippen MR) is 50.4 cm³/mol. The van der Waals surface area contributed by atoms with E-state index in [1.807, 2.05) is 13.8 Å². The van der Waals surface area contributed by atoms with Crippen molar-refractivity contribution in [2.45, 2.75) is 32.5 Å². The molecule has 86 valence electrons. The van der Waals surface area contributed by atoms with Crippen LogP contribution >= 0.6 is 0 Å². The van der Waals surface area contributed by atoms with Crippen molar-refractivity contribution in [3.05, 3.63) is 17.7 Å². The molecule has 0 atom stereocenters. The second-order valence-corrected chi connectivity index (χ2v) is 3.60. The number of halogens is 3. The van der Waals surface area contributed by atoms with Gasteiger partial charge >= 0.3 is 6.18 Å². The van der Waals surface area contributed by atoms with Crippen molar-refractivity contribution >= 4 is 0 Å². The summed E-state index contributed by atoms with van der Waals surface area (Å²) in [5.74, 6) is 0.357. The van der Waals surface area contributed by atoms with Crippen LogP contribution in [0.1, 0.15) is 25.4 Å². The van der Waals surface area contributed by atoms with Gasteiger partial charge < -0.3 is 10.3 Å². The molecule has 0 saturated heterocycles. The monoisotopic (exact) mass is 221 g/mol. The first-order valence-electron chi connectivity index (χ1n) is 4.74. The Bertz CT molecular complexity index is 304. The fourth-order valence-corrected chi connectivity index (χ4v) is 1.11. The highest BCUT2D eigenvalue weighted by Crippen LogP contribution is 2.27. The normalized spacial score (nSPS) is 12.4. The number of alkyl halides is 3. The van der Waals surface area contributed by atoms with Gasteiger partial charge in [0.15, 0.2) is 0 Å². The average Bonchev–Trinajstić information content (AvgIpc) is 2.51. The highest BCUT2D eigenvalue weighted by atomic mass is 19.4. The first-order valence-corrected chi connectivity index (χ1v) is 4.74. The molecule has 0 amide bonds. The van der Waals surface area contributed by atoms with Gasteiger partial charge in [0.2, 0.25) is 0 Å². The first kappa shape index (κ1) is 12.0. The minimum absolute atomic E-state index is 0.321. The highest BCUT2D eigenvalue weighted by Gasteiger charge is 2.32. The van der Waals surface area contributed by atoms with Gasteiger partial charge in [0.05, 0.1) is 6.20 Å². The zero-order chi connectivity index (χ0) is 11.5. The third-order valence-electron chi connectivity index (χ3n) is 1.85. The molecule has 0 saturated carbocycles. The molecule has 0 aromatic carbocycles. The topological polar surface area (TPSA) is 40.7 Å². The standard InChI is InChI=1S/C9H14F3N3/c1-6(2)13-4-3-8-14-5-7(15-8)9(10,11)12/h5-6,13H,3-4H2,1-2H3,(H,14,15). The lowest BCUT2D eigenvalue weighted by molar-refractivity contribution is -0.140. The molecule has 15 heavy (non-hydrogen) atoms. The Hall–Kier alpha value is -1.04. The molecule has 0 radical (unpaired) electrons. The summed E-state index contributed by atoms with van der Waals surface area (Å²) in [6.45, 7) is 4.56. The summed E-state index contributed by atoms with van der Waals surface area (Å²) >= 11 is 0. The van der Waals surface area contributed by atoms with Crippen LogP contribution in [0.25, 0.3) is 0 Å². The summed E-state index contributed by atoms with van der Waals surface area (Å²) in [6, 6.07) is 0.321. The van der Waals surface area contributed by atoms with Crippen LogP contribution in [0.2, 0.25) is 0 Å². The van der Waals surface area contributed by atoms with E-state index in [4.69, 9.17) is 0 Å². The Balaban J connectivity index is 2.47. The third-order valence-corrected chi connectivity index (χ3v) is 1.85. The van der Waals surface area contributed by atoms with Crippen molar-refractivity contribution in [2.75, 3.05) is 6.54 Å². The number of hydrogen-bond acceptors (Lipinski definition) is 2. The number of nitrogens with zero attached hydrogens (tertiary/aromatic N) is 1. The molecular formula is C9H14F3N3. The fourth-order valence-electron chi connectivity index (χ4n) is 1.11. The number of rotatable bonds is 4. The lowest BCUT2D eigenvalue weighted by atomic mass is 10.3. The summed E-state index contributed by atoms with van der Waals surface area (Å²) in [4.78, 5) is 5.91. The van der Waals surface area contributed by atoms with E-state index in [9.17, 15) is 13.2 Å². The van der Waals surface area contributed by atoms with E-state index in [1.165, 1.54) is 0 Å². The van der Waals surface area contributed by atoms with Crippen LogP contribution in [-0.4, -0.2) is 22.6 Å². The maximum absolute atomic E-state index is 12.2. The molecule has 0 unspecified atom stereocenters. The molecule has 1 heterocycles. The number of imidazole rings is 1. The third kappa shape index (κ3) is 3.91. The molecule has 1 aromatic rings. The van der Waals surface area contributed by atoms with E-state index in [0.29, 0.717) is 24.8 Å². The first-order chi connectivity index (χ1) is 6.89. The van der Waals surface area contributed by atoms with Gasteiger partial charge in [-0.2, -0.15) is 13.2 Å². The smallest absolute Gasteiger partial charge is 0.338 e. The van der Waals surface area contributed by atoms with Crippen molar-refractivity contribution in [3.8, 4) is 0 Å². The van der Waals surface area contributed by atoms with Crippen molar-refractivity contribution < 1.29 is 13.2 Å². The predicted octanol–water partition coefficient (Wildman–Crippen LogP) is 1.97. The van der Waals surface area contributed by atoms with E-state index in [2.05, 4.69) is 15.3 Å². The molecule has 0 aliphatic rings. The van der Waals surface area contributed by atoms with Gasteiger partial charge in [-0.1, -0.05) is 13.8 Å². The van der Waals surface area contributed by atoms with E-state index in [0.717, 1.165) is 6.20 Å². The molecule has 0 aliphatic carbocycles. The Labute approximate surface area is 86.1 Å². The molecule has 3 nitrogen and oxygen atoms in total. The molecule has 0 fully saturated rings. The van der Waals surface area contributed by atoms with Crippen LogP contribution in [-0.2, 0) is 12.6 Å². The summed E-state index contributed by atoms with van der Waals surface area (Å²) in [5.41, 5.74) is -0.790. The zero-order valence-electron chi connectivity index (χ0n) is 8.65. The molecule has 0 aliphatic heterocycles. The maximum atomic E-state index is 12.2. The number of aromatic nitrogens is 2. The number of nitrogens with one attached hydrogen (secondary N) is 2. The summed E-state index contributed by atoms with van der Waals surface area (Å²) < 4.78 is 36.5. The second kappa shape index (κ2) is 4.65. The molecule has 1 rings (SSSR count). The maximum Gasteiger partial charge on any atom is 0.432 e. The van der Waals surface area contributed by atoms with Gasteiger partial charge in [-0.3, -0.25) is 0 Å². The minimum Gasteiger partial charge on any atom is -0.338 e. The lowest BCUT2D eigenvalue weighted by Crippen LogP contribution is -2.25. The van der Waals surface area contributed by atoms with E-state index < -0.39 is 11.9 Å². The molecule has 0 bridgehead atoms. The van der Waals surface area contributed by atoms with Crippen molar-refractivity contribution in [3.63, 3.8) is 0 Å². The van der Waals surface area contributed by atoms with E-state index >= 15 is 0 Å². The minimum atomic E-state index is -4.34. The van der Waals surface area contributed by atoms with Crippen LogP contribution < -0.4 is 5.32 Å². The van der Waals surface area contributed by atoms with Crippen molar-refractivity contribution in [1.82, 2.24) is 15.3 Å². The van der Waals surface area contributed by atoms with Crippen LogP contribution in [0.5, 0.6) is 0 Å². The molecule has 2 N–H and O–H groups in total. The average molecular weight is 221 g/mol. The van der Waals surface area contributed by atoms with Gasteiger partial charge in [-0.05, 0) is 0 Å². The summed E-state index contributed by atoms with van der Waals surface area (Å²) in [6.07, 6.45) is -3.05. The number of hydrogen-bond donors (Lipinski definition) is 2. The van der Waals surface area contributed by atoms with Crippen LogP contribution in [0.4, 0.5) is 13.2 Å². The van der Waals surface area contributed by atoms with Crippen molar-refractivity contribution in [2.24, 2.45) is 0 Å². The summed E-state index contributed by atoms with van der Waals surface area (Å²) in [5, 5.41) is 3.10. The number of aromatic amines is 1. The second-order valence-electron chi connectivity index (χ2n) is 3.60. The van der Waals surface area contributed by atoms with Gasteiger partial charge in [-0.15, -0.1) is 0 Å². The van der Waals surface area contributed by atoms with E-state index in [1.54, 1.807) is 0 Å². The van der Waals surface area contributed by atoms with Crippen LogP contribution in [0.3, 0.4) is 0 Å². The Kier molecular flexibility index (Phi) is 3.73. The summed E-state index contributed by atoms with van der Waals surface area (Å²) in [7, 11) is 0. The Morgan fingerprint density at radius 2 is 2.13 bits per heavy atom. The molecule has 6 heteroatoms. The van der Waals surface area contributed by atoms with E-state index in [-0.39, 0.29) is 0 Å². The van der Waals surface area contributed by atoms with Crippen LogP contribution in [0, 0.1) is 0 Å². The Morgan fingerprint density at radius 1 is 1.47 bits per heavy atom. The van der Waals surface area contributed by atoms with Crippen LogP contribution in [0.15, 0.2) is 6.20 Å². The van der Waals surface area contributed by atoms with Crippen molar-refractivity contribution in [1.29, 1.82) is 0 Å². The lowest BCUT2D eigenvalue weighted by Gasteiger charge is -2.06. The molecular weight excluding hydrogens is 207 g/mol. The Morgan fingerprint density at radius 3 is 2.60 bits per heavy atom.